The Morgan fingerprint density at radius 2 is 1.68 bits per heavy atom. The first-order valence-electron chi connectivity index (χ1n) is 7.62. The number of ether oxygens (including phenoxy) is 2. The number of hydrogen-bond acceptors (Lipinski definition) is 5. The number of ketones is 1. The number of rotatable bonds is 6. The Labute approximate surface area is 146 Å². The van der Waals surface area contributed by atoms with E-state index in [1.807, 2.05) is 14.1 Å². The highest BCUT2D eigenvalue weighted by Crippen LogP contribution is 2.30. The van der Waals surface area contributed by atoms with Crippen molar-refractivity contribution in [1.29, 1.82) is 0 Å². The molecule has 6 nitrogen and oxygen atoms in total. The summed E-state index contributed by atoms with van der Waals surface area (Å²) in [5, 5.41) is 9.58. The Bertz CT molecular complexity index is 827. The number of nitrogens with zero attached hydrogens (tertiary/aromatic N) is 1. The van der Waals surface area contributed by atoms with Crippen LogP contribution in [0.25, 0.3) is 0 Å². The molecule has 25 heavy (non-hydrogen) atoms. The average molecular weight is 343 g/mol. The van der Waals surface area contributed by atoms with Crippen LogP contribution >= 0.6 is 0 Å². The summed E-state index contributed by atoms with van der Waals surface area (Å²) in [6.45, 7) is 1.72. The van der Waals surface area contributed by atoms with Crippen molar-refractivity contribution in [1.82, 2.24) is 0 Å². The number of carboxylic acids is 1. The van der Waals surface area contributed by atoms with Gasteiger partial charge in [0.05, 0.1) is 25.3 Å². The first-order valence-corrected chi connectivity index (χ1v) is 7.62. The number of hydrogen-bond donors (Lipinski definition) is 1. The predicted molar refractivity (Wildman–Crippen MR) is 95.4 cm³/mol. The lowest BCUT2D eigenvalue weighted by Crippen LogP contribution is -2.16. The molecule has 0 bridgehead atoms. The van der Waals surface area contributed by atoms with Crippen molar-refractivity contribution in [3.63, 3.8) is 0 Å². The van der Waals surface area contributed by atoms with Crippen LogP contribution in [-0.4, -0.2) is 45.2 Å². The smallest absolute Gasteiger partial charge is 0.336 e. The molecule has 2 aromatic rings. The lowest BCUT2D eigenvalue weighted by molar-refractivity contribution is 0.0692. The van der Waals surface area contributed by atoms with Crippen LogP contribution in [0.3, 0.4) is 0 Å². The number of benzene rings is 2. The van der Waals surface area contributed by atoms with Gasteiger partial charge in [0, 0.05) is 31.4 Å². The normalized spacial score (nSPS) is 10.3. The Morgan fingerprint density at radius 3 is 2.20 bits per heavy atom. The van der Waals surface area contributed by atoms with E-state index in [2.05, 4.69) is 0 Å². The molecular weight excluding hydrogens is 322 g/mol. The molecule has 0 aliphatic carbocycles. The third-order valence-corrected chi connectivity index (χ3v) is 3.95. The van der Waals surface area contributed by atoms with E-state index in [0.29, 0.717) is 22.7 Å². The monoisotopic (exact) mass is 343 g/mol. The number of aromatic carboxylic acids is 1. The van der Waals surface area contributed by atoms with E-state index in [9.17, 15) is 14.7 Å². The zero-order chi connectivity index (χ0) is 18.7. The van der Waals surface area contributed by atoms with Gasteiger partial charge in [-0.05, 0) is 36.8 Å². The molecule has 0 aliphatic heterocycles. The average Bonchev–Trinajstić information content (AvgIpc) is 2.59. The first-order chi connectivity index (χ1) is 11.8. The molecule has 0 aliphatic rings. The van der Waals surface area contributed by atoms with E-state index in [4.69, 9.17) is 9.47 Å². The van der Waals surface area contributed by atoms with Crippen LogP contribution in [0.5, 0.6) is 11.5 Å². The molecule has 0 saturated carbocycles. The maximum Gasteiger partial charge on any atom is 0.336 e. The molecular formula is C19H21NO5. The number of carboxylic acid groups (broad SMARTS) is 1. The standard InChI is InChI=1S/C19H21NO5/c1-11-8-12(20(2)3)9-15(19(22)23)17(11)18(21)14-7-6-13(24-4)10-16(14)25-5/h6-10H,1-5H3,(H,22,23). The highest BCUT2D eigenvalue weighted by atomic mass is 16.5. The molecule has 0 spiro atoms. The zero-order valence-electron chi connectivity index (χ0n) is 14.9. The topological polar surface area (TPSA) is 76.1 Å². The maximum atomic E-state index is 13.1. The van der Waals surface area contributed by atoms with Gasteiger partial charge in [0.1, 0.15) is 11.5 Å². The minimum Gasteiger partial charge on any atom is -0.497 e. The van der Waals surface area contributed by atoms with E-state index < -0.39 is 11.8 Å². The second-order valence-electron chi connectivity index (χ2n) is 5.78. The molecule has 0 saturated heterocycles. The lowest BCUT2D eigenvalue weighted by Gasteiger charge is -2.18. The van der Waals surface area contributed by atoms with Crippen LogP contribution < -0.4 is 14.4 Å². The van der Waals surface area contributed by atoms with E-state index in [1.54, 1.807) is 36.1 Å². The van der Waals surface area contributed by atoms with Crippen molar-refractivity contribution in [2.75, 3.05) is 33.2 Å². The molecule has 0 amide bonds. The molecule has 0 heterocycles. The predicted octanol–water partition coefficient (Wildman–Crippen LogP) is 3.01. The molecule has 0 aromatic heterocycles. The number of carbonyl (C=O) groups excluding carboxylic acids is 1. The quantitative estimate of drug-likeness (QED) is 0.813. The number of methoxy groups -OCH3 is 2. The fraction of sp³-hybridized carbons (Fsp3) is 0.263. The van der Waals surface area contributed by atoms with E-state index in [1.165, 1.54) is 20.3 Å². The summed E-state index contributed by atoms with van der Waals surface area (Å²) in [5.41, 5.74) is 1.71. The second kappa shape index (κ2) is 7.25. The third kappa shape index (κ3) is 3.57. The van der Waals surface area contributed by atoms with Crippen LogP contribution in [0.4, 0.5) is 5.69 Å². The minimum atomic E-state index is -1.15. The van der Waals surface area contributed by atoms with E-state index in [0.717, 1.165) is 0 Å². The largest absolute Gasteiger partial charge is 0.497 e. The summed E-state index contributed by atoms with van der Waals surface area (Å²) in [7, 11) is 6.59. The van der Waals surface area contributed by atoms with Crippen LogP contribution in [-0.2, 0) is 0 Å². The van der Waals surface area contributed by atoms with Crippen molar-refractivity contribution in [2.24, 2.45) is 0 Å². The van der Waals surface area contributed by atoms with Crippen molar-refractivity contribution in [2.45, 2.75) is 6.92 Å². The molecule has 132 valence electrons. The van der Waals surface area contributed by atoms with Gasteiger partial charge in [-0.3, -0.25) is 4.79 Å². The van der Waals surface area contributed by atoms with E-state index in [-0.39, 0.29) is 16.7 Å². The van der Waals surface area contributed by atoms with Gasteiger partial charge < -0.3 is 19.5 Å². The van der Waals surface area contributed by atoms with Gasteiger partial charge >= 0.3 is 5.97 Å². The first kappa shape index (κ1) is 18.3. The van der Waals surface area contributed by atoms with Crippen LogP contribution in [0.1, 0.15) is 31.8 Å². The third-order valence-electron chi connectivity index (χ3n) is 3.95. The Morgan fingerprint density at radius 1 is 1.00 bits per heavy atom. The highest BCUT2D eigenvalue weighted by Gasteiger charge is 2.24. The van der Waals surface area contributed by atoms with Gasteiger partial charge in [0.25, 0.3) is 0 Å². The van der Waals surface area contributed by atoms with Crippen molar-refractivity contribution >= 4 is 17.4 Å². The van der Waals surface area contributed by atoms with E-state index >= 15 is 0 Å². The van der Waals surface area contributed by atoms with Gasteiger partial charge in [-0.25, -0.2) is 4.79 Å². The summed E-state index contributed by atoms with van der Waals surface area (Å²) in [4.78, 5) is 26.6. The summed E-state index contributed by atoms with van der Waals surface area (Å²) in [6, 6.07) is 8.09. The highest BCUT2D eigenvalue weighted by molar-refractivity contribution is 6.16. The summed E-state index contributed by atoms with van der Waals surface area (Å²) in [5.74, 6) is -0.675. The summed E-state index contributed by atoms with van der Waals surface area (Å²) in [6.07, 6.45) is 0. The Kier molecular flexibility index (Phi) is 5.32. The minimum absolute atomic E-state index is 0.0356. The Balaban J connectivity index is 2.65. The van der Waals surface area contributed by atoms with Crippen LogP contribution in [0, 0.1) is 6.92 Å². The van der Waals surface area contributed by atoms with Gasteiger partial charge in [0.15, 0.2) is 5.78 Å². The Hall–Kier alpha value is -3.02. The lowest BCUT2D eigenvalue weighted by atomic mass is 9.92. The van der Waals surface area contributed by atoms with Crippen LogP contribution in [0.2, 0.25) is 0 Å². The molecule has 2 aromatic carbocycles. The van der Waals surface area contributed by atoms with Gasteiger partial charge in [-0.1, -0.05) is 0 Å². The molecule has 1 N–H and O–H groups in total. The molecule has 0 atom stereocenters. The zero-order valence-corrected chi connectivity index (χ0v) is 14.9. The molecule has 0 unspecified atom stereocenters. The van der Waals surface area contributed by atoms with Gasteiger partial charge in [0.2, 0.25) is 0 Å². The summed E-state index contributed by atoms with van der Waals surface area (Å²) >= 11 is 0. The summed E-state index contributed by atoms with van der Waals surface area (Å²) < 4.78 is 10.4. The number of anilines is 1. The molecule has 6 heteroatoms. The number of aryl methyl sites for hydroxylation is 1. The molecule has 2 rings (SSSR count). The van der Waals surface area contributed by atoms with Gasteiger partial charge in [-0.2, -0.15) is 0 Å². The fourth-order valence-corrected chi connectivity index (χ4v) is 2.62. The van der Waals surface area contributed by atoms with Crippen molar-refractivity contribution < 1.29 is 24.2 Å². The molecule has 0 radical (unpaired) electrons. The fourth-order valence-electron chi connectivity index (χ4n) is 2.62. The van der Waals surface area contributed by atoms with Crippen molar-refractivity contribution in [3.8, 4) is 11.5 Å². The van der Waals surface area contributed by atoms with Gasteiger partial charge in [-0.15, -0.1) is 0 Å². The van der Waals surface area contributed by atoms with Crippen LogP contribution in [0.15, 0.2) is 30.3 Å². The maximum absolute atomic E-state index is 13.1. The van der Waals surface area contributed by atoms with Crippen molar-refractivity contribution in [3.05, 3.63) is 52.6 Å². The number of carbonyl (C=O) groups is 2. The SMILES string of the molecule is COc1ccc(C(=O)c2c(C)cc(N(C)C)cc2C(=O)O)c(OC)c1. The second-order valence-corrected chi connectivity index (χ2v) is 5.78. The molecule has 0 fully saturated rings.